The first-order chi connectivity index (χ1) is 14.1. The Morgan fingerprint density at radius 1 is 1.10 bits per heavy atom. The minimum atomic E-state index is -2.96. The van der Waals surface area contributed by atoms with Crippen LogP contribution in [0.5, 0.6) is 5.75 Å². The summed E-state index contributed by atoms with van der Waals surface area (Å²) in [6, 6.07) is 6.01. The van der Waals surface area contributed by atoms with Crippen molar-refractivity contribution in [3.63, 3.8) is 0 Å². The fraction of sp³-hybridized carbons (Fsp3) is 0.200. The van der Waals surface area contributed by atoms with Crippen LogP contribution in [-0.2, 0) is 6.54 Å². The van der Waals surface area contributed by atoms with Crippen LogP contribution in [0.1, 0.15) is 16.7 Å². The van der Waals surface area contributed by atoms with E-state index in [9.17, 15) is 22.4 Å². The normalized spacial score (nSPS) is 11.1. The third kappa shape index (κ3) is 5.10. The number of nitrogens with zero attached hydrogens (tertiary/aromatic N) is 2. The summed E-state index contributed by atoms with van der Waals surface area (Å²) in [4.78, 5) is 15.8. The summed E-state index contributed by atoms with van der Waals surface area (Å²) in [7, 11) is 0. The highest BCUT2D eigenvalue weighted by Gasteiger charge is 2.14. The molecular weight excluding hydrogens is 426 g/mol. The molecule has 0 aliphatic heterocycles. The van der Waals surface area contributed by atoms with Gasteiger partial charge in [-0.3, -0.25) is 4.79 Å². The molecule has 3 aromatic rings. The van der Waals surface area contributed by atoms with Crippen LogP contribution in [0.25, 0.3) is 0 Å². The molecule has 158 valence electrons. The molecule has 0 saturated heterocycles. The lowest BCUT2D eigenvalue weighted by Gasteiger charge is -2.17. The van der Waals surface area contributed by atoms with E-state index in [1.165, 1.54) is 16.8 Å². The van der Waals surface area contributed by atoms with Crippen molar-refractivity contribution in [3.05, 3.63) is 80.2 Å². The van der Waals surface area contributed by atoms with Gasteiger partial charge < -0.3 is 14.6 Å². The molecule has 5 nitrogen and oxygen atoms in total. The average Bonchev–Trinajstić information content (AvgIpc) is 2.62. The van der Waals surface area contributed by atoms with E-state index >= 15 is 0 Å². The van der Waals surface area contributed by atoms with Crippen LogP contribution in [0, 0.1) is 25.5 Å². The molecule has 0 spiro atoms. The van der Waals surface area contributed by atoms with Gasteiger partial charge in [0.1, 0.15) is 22.4 Å². The third-order valence-electron chi connectivity index (χ3n) is 4.21. The van der Waals surface area contributed by atoms with Crippen molar-refractivity contribution in [2.24, 2.45) is 0 Å². The molecule has 0 bridgehead atoms. The first-order valence-electron chi connectivity index (χ1n) is 8.67. The Hall–Kier alpha value is -3.07. The Balaban J connectivity index is 1.99. The van der Waals surface area contributed by atoms with E-state index in [0.29, 0.717) is 16.8 Å². The number of hydrogen-bond acceptors (Lipinski definition) is 4. The summed E-state index contributed by atoms with van der Waals surface area (Å²) in [6.45, 7) is 0.242. The van der Waals surface area contributed by atoms with Gasteiger partial charge in [0, 0.05) is 18.0 Å². The van der Waals surface area contributed by atoms with Gasteiger partial charge in [0.15, 0.2) is 0 Å². The van der Waals surface area contributed by atoms with E-state index in [0.717, 1.165) is 18.2 Å². The predicted molar refractivity (Wildman–Crippen MR) is 105 cm³/mol. The first-order valence-corrected chi connectivity index (χ1v) is 9.05. The Kier molecular flexibility index (Phi) is 6.31. The monoisotopic (exact) mass is 441 g/mol. The SMILES string of the molecule is Cc1cc(OC(F)F)c(C)cc1Nc1nc(=O)c(Cl)cn1Cc1cc(F)cc(F)c1. The fourth-order valence-electron chi connectivity index (χ4n) is 2.85. The summed E-state index contributed by atoms with van der Waals surface area (Å²) in [5.41, 5.74) is 1.03. The van der Waals surface area contributed by atoms with Crippen molar-refractivity contribution in [2.45, 2.75) is 27.0 Å². The van der Waals surface area contributed by atoms with E-state index in [1.807, 2.05) is 0 Å². The standard InChI is InChI=1S/C20H16ClF4N3O2/c1-10-4-17(30-19(24)25)11(2)3-16(10)26-20-27-18(29)15(21)9-28(20)8-12-5-13(22)7-14(23)6-12/h3-7,9,19H,8H2,1-2H3,(H,26,27,29). The van der Waals surface area contributed by atoms with Crippen molar-refractivity contribution < 1.29 is 22.3 Å². The lowest BCUT2D eigenvalue weighted by molar-refractivity contribution is -0.0503. The van der Waals surface area contributed by atoms with Crippen molar-refractivity contribution >= 4 is 23.2 Å². The molecule has 30 heavy (non-hydrogen) atoms. The maximum Gasteiger partial charge on any atom is 0.387 e. The maximum absolute atomic E-state index is 13.5. The largest absolute Gasteiger partial charge is 0.435 e. The third-order valence-corrected chi connectivity index (χ3v) is 4.47. The van der Waals surface area contributed by atoms with Crippen LogP contribution < -0.4 is 15.6 Å². The lowest BCUT2D eigenvalue weighted by atomic mass is 10.1. The van der Waals surface area contributed by atoms with Crippen LogP contribution in [0.4, 0.5) is 29.2 Å². The van der Waals surface area contributed by atoms with E-state index in [-0.39, 0.29) is 28.8 Å². The molecule has 2 aromatic carbocycles. The number of rotatable bonds is 6. The molecule has 0 atom stereocenters. The summed E-state index contributed by atoms with van der Waals surface area (Å²) in [5.74, 6) is -1.43. The highest BCUT2D eigenvalue weighted by atomic mass is 35.5. The molecule has 0 saturated carbocycles. The van der Waals surface area contributed by atoms with E-state index in [2.05, 4.69) is 15.0 Å². The zero-order valence-electron chi connectivity index (χ0n) is 15.8. The number of aryl methyl sites for hydroxylation is 2. The molecule has 0 aliphatic carbocycles. The Morgan fingerprint density at radius 3 is 2.40 bits per heavy atom. The number of nitrogens with one attached hydrogen (secondary N) is 1. The summed E-state index contributed by atoms with van der Waals surface area (Å²) >= 11 is 5.88. The van der Waals surface area contributed by atoms with Gasteiger partial charge in [0.25, 0.3) is 5.56 Å². The van der Waals surface area contributed by atoms with Crippen LogP contribution in [0.2, 0.25) is 5.02 Å². The first kappa shape index (κ1) is 21.6. The molecule has 0 amide bonds. The number of anilines is 2. The van der Waals surface area contributed by atoms with Crippen LogP contribution in [-0.4, -0.2) is 16.2 Å². The highest BCUT2D eigenvalue weighted by molar-refractivity contribution is 6.30. The molecular formula is C20H16ClF4N3O2. The van der Waals surface area contributed by atoms with Gasteiger partial charge in [-0.1, -0.05) is 11.6 Å². The van der Waals surface area contributed by atoms with Gasteiger partial charge in [0.05, 0.1) is 6.54 Å². The second kappa shape index (κ2) is 8.74. The van der Waals surface area contributed by atoms with Crippen LogP contribution >= 0.6 is 11.6 Å². The van der Waals surface area contributed by atoms with Crippen LogP contribution in [0.15, 0.2) is 41.3 Å². The van der Waals surface area contributed by atoms with Gasteiger partial charge in [-0.25, -0.2) is 8.78 Å². The minimum Gasteiger partial charge on any atom is -0.435 e. The number of aromatic nitrogens is 2. The van der Waals surface area contributed by atoms with Gasteiger partial charge in [-0.15, -0.1) is 0 Å². The van der Waals surface area contributed by atoms with Crippen molar-refractivity contribution in [1.29, 1.82) is 0 Å². The molecule has 0 fully saturated rings. The summed E-state index contributed by atoms with van der Waals surface area (Å²) in [6.07, 6.45) is 1.29. The maximum atomic E-state index is 13.5. The van der Waals surface area contributed by atoms with Gasteiger partial charge >= 0.3 is 6.61 Å². The Labute approximate surface area is 173 Å². The van der Waals surface area contributed by atoms with Gasteiger partial charge in [-0.05, 0) is 54.8 Å². The molecule has 0 aliphatic rings. The molecule has 3 rings (SSSR count). The van der Waals surface area contributed by atoms with Crippen molar-refractivity contribution in [1.82, 2.24) is 9.55 Å². The Bertz CT molecular complexity index is 1130. The number of ether oxygens (including phenoxy) is 1. The fourth-order valence-corrected chi connectivity index (χ4v) is 3.01. The molecule has 10 heteroatoms. The molecule has 0 radical (unpaired) electrons. The number of alkyl halides is 2. The summed E-state index contributed by atoms with van der Waals surface area (Å²) < 4.78 is 58.0. The predicted octanol–water partition coefficient (Wildman–Crippen LogP) is 5.19. The van der Waals surface area contributed by atoms with Crippen molar-refractivity contribution in [2.75, 3.05) is 5.32 Å². The zero-order valence-corrected chi connectivity index (χ0v) is 16.6. The Morgan fingerprint density at radius 2 is 1.77 bits per heavy atom. The van der Waals surface area contributed by atoms with Crippen molar-refractivity contribution in [3.8, 4) is 5.75 Å². The number of hydrogen-bond donors (Lipinski definition) is 1. The summed E-state index contributed by atoms with van der Waals surface area (Å²) in [5, 5.41) is 2.77. The molecule has 0 unspecified atom stereocenters. The lowest BCUT2D eigenvalue weighted by Crippen LogP contribution is -2.18. The smallest absolute Gasteiger partial charge is 0.387 e. The highest BCUT2D eigenvalue weighted by Crippen LogP contribution is 2.29. The van der Waals surface area contributed by atoms with Crippen LogP contribution in [0.3, 0.4) is 0 Å². The average molecular weight is 442 g/mol. The number of halogens is 5. The molecule has 1 aromatic heterocycles. The van der Waals surface area contributed by atoms with E-state index in [4.69, 9.17) is 11.6 Å². The second-order valence-corrected chi connectivity index (χ2v) is 6.97. The number of benzene rings is 2. The topological polar surface area (TPSA) is 56.1 Å². The van der Waals surface area contributed by atoms with E-state index < -0.39 is 23.8 Å². The zero-order chi connectivity index (χ0) is 22.0. The minimum absolute atomic E-state index is 0.0183. The van der Waals surface area contributed by atoms with Gasteiger partial charge in [-0.2, -0.15) is 13.8 Å². The second-order valence-electron chi connectivity index (χ2n) is 6.56. The molecule has 1 N–H and O–H groups in total. The molecule has 1 heterocycles. The quantitative estimate of drug-likeness (QED) is 0.535. The van der Waals surface area contributed by atoms with E-state index in [1.54, 1.807) is 19.9 Å². The van der Waals surface area contributed by atoms with Gasteiger partial charge in [0.2, 0.25) is 5.95 Å².